The highest BCUT2D eigenvalue weighted by molar-refractivity contribution is 5.05. The standard InChI is InChI=1S/C8H12N2O/c1-8(2,11)3-7-4-9-6-10-5-7/h4-6,11H,3H2,1-2H3. The normalized spacial score (nSPS) is 11.5. The first-order chi connectivity index (χ1) is 5.08. The third kappa shape index (κ3) is 3.09. The maximum absolute atomic E-state index is 9.42. The Labute approximate surface area is 66.1 Å². The van der Waals surface area contributed by atoms with Gasteiger partial charge in [-0.25, -0.2) is 9.97 Å². The van der Waals surface area contributed by atoms with Crippen LogP contribution in [0.25, 0.3) is 0 Å². The lowest BCUT2D eigenvalue weighted by molar-refractivity contribution is 0.0808. The lowest BCUT2D eigenvalue weighted by atomic mass is 10.0. The van der Waals surface area contributed by atoms with Gasteiger partial charge in [0.2, 0.25) is 0 Å². The van der Waals surface area contributed by atoms with Crippen molar-refractivity contribution in [2.45, 2.75) is 25.9 Å². The smallest absolute Gasteiger partial charge is 0.115 e. The fourth-order valence-corrected chi connectivity index (χ4v) is 0.921. The van der Waals surface area contributed by atoms with Crippen LogP contribution < -0.4 is 0 Å². The zero-order valence-corrected chi connectivity index (χ0v) is 6.78. The summed E-state index contributed by atoms with van der Waals surface area (Å²) in [4.78, 5) is 7.69. The van der Waals surface area contributed by atoms with Gasteiger partial charge in [0.15, 0.2) is 0 Å². The molecule has 60 valence electrons. The van der Waals surface area contributed by atoms with Crippen molar-refractivity contribution in [1.82, 2.24) is 9.97 Å². The highest BCUT2D eigenvalue weighted by Gasteiger charge is 2.12. The van der Waals surface area contributed by atoms with Crippen molar-refractivity contribution in [3.63, 3.8) is 0 Å². The van der Waals surface area contributed by atoms with Crippen molar-refractivity contribution in [3.05, 3.63) is 24.3 Å². The maximum atomic E-state index is 9.42. The summed E-state index contributed by atoms with van der Waals surface area (Å²) >= 11 is 0. The van der Waals surface area contributed by atoms with E-state index in [0.717, 1.165) is 5.56 Å². The van der Waals surface area contributed by atoms with Gasteiger partial charge in [0.1, 0.15) is 6.33 Å². The van der Waals surface area contributed by atoms with Gasteiger partial charge < -0.3 is 5.11 Å². The first kappa shape index (κ1) is 8.14. The van der Waals surface area contributed by atoms with Gasteiger partial charge >= 0.3 is 0 Å². The fraction of sp³-hybridized carbons (Fsp3) is 0.500. The first-order valence-corrected chi connectivity index (χ1v) is 3.54. The van der Waals surface area contributed by atoms with Gasteiger partial charge in [-0.2, -0.15) is 0 Å². The van der Waals surface area contributed by atoms with Gasteiger partial charge in [-0.1, -0.05) is 0 Å². The Balaban J connectivity index is 2.66. The summed E-state index contributed by atoms with van der Waals surface area (Å²) in [5.74, 6) is 0. The van der Waals surface area contributed by atoms with E-state index in [2.05, 4.69) is 9.97 Å². The molecular weight excluding hydrogens is 140 g/mol. The minimum absolute atomic E-state index is 0.591. The number of aliphatic hydroxyl groups is 1. The molecule has 11 heavy (non-hydrogen) atoms. The van der Waals surface area contributed by atoms with Gasteiger partial charge in [-0.3, -0.25) is 0 Å². The van der Waals surface area contributed by atoms with Crippen LogP contribution in [-0.4, -0.2) is 20.7 Å². The molecule has 0 radical (unpaired) electrons. The van der Waals surface area contributed by atoms with Crippen molar-refractivity contribution in [3.8, 4) is 0 Å². The third-order valence-corrected chi connectivity index (χ3v) is 1.25. The van der Waals surface area contributed by atoms with Gasteiger partial charge in [0.25, 0.3) is 0 Å². The topological polar surface area (TPSA) is 46.0 Å². The Morgan fingerprint density at radius 2 is 1.91 bits per heavy atom. The largest absolute Gasteiger partial charge is 0.390 e. The van der Waals surface area contributed by atoms with Crippen LogP contribution in [0, 0.1) is 0 Å². The van der Waals surface area contributed by atoms with Gasteiger partial charge in [0.05, 0.1) is 5.60 Å². The summed E-state index contributed by atoms with van der Waals surface area (Å²) in [5, 5.41) is 9.42. The van der Waals surface area contributed by atoms with Gasteiger partial charge in [-0.15, -0.1) is 0 Å². The Hall–Kier alpha value is -0.960. The molecule has 1 aromatic rings. The van der Waals surface area contributed by atoms with Crippen molar-refractivity contribution >= 4 is 0 Å². The van der Waals surface area contributed by atoms with Crippen LogP contribution in [0.5, 0.6) is 0 Å². The van der Waals surface area contributed by atoms with E-state index in [1.807, 2.05) is 0 Å². The molecule has 0 amide bonds. The van der Waals surface area contributed by atoms with E-state index in [4.69, 9.17) is 0 Å². The minimum atomic E-state index is -0.676. The van der Waals surface area contributed by atoms with Crippen molar-refractivity contribution in [2.75, 3.05) is 0 Å². The second-order valence-electron chi connectivity index (χ2n) is 3.24. The summed E-state index contributed by atoms with van der Waals surface area (Å²) in [6.45, 7) is 3.53. The van der Waals surface area contributed by atoms with E-state index in [9.17, 15) is 5.11 Å². The molecule has 3 heteroatoms. The summed E-state index contributed by atoms with van der Waals surface area (Å²) < 4.78 is 0. The maximum Gasteiger partial charge on any atom is 0.115 e. The molecule has 0 unspecified atom stereocenters. The zero-order chi connectivity index (χ0) is 8.32. The highest BCUT2D eigenvalue weighted by Crippen LogP contribution is 2.09. The second-order valence-corrected chi connectivity index (χ2v) is 3.24. The van der Waals surface area contributed by atoms with Crippen LogP contribution in [0.4, 0.5) is 0 Å². The molecule has 1 N–H and O–H groups in total. The predicted molar refractivity (Wildman–Crippen MR) is 42.0 cm³/mol. The van der Waals surface area contributed by atoms with E-state index in [0.29, 0.717) is 6.42 Å². The predicted octanol–water partition coefficient (Wildman–Crippen LogP) is 0.790. The van der Waals surface area contributed by atoms with Gasteiger partial charge in [0, 0.05) is 18.8 Å². The minimum Gasteiger partial charge on any atom is -0.390 e. The first-order valence-electron chi connectivity index (χ1n) is 3.54. The molecule has 3 nitrogen and oxygen atoms in total. The van der Waals surface area contributed by atoms with Crippen molar-refractivity contribution < 1.29 is 5.11 Å². The molecular formula is C8H12N2O. The monoisotopic (exact) mass is 152 g/mol. The second kappa shape index (κ2) is 2.96. The van der Waals surface area contributed by atoms with Crippen LogP contribution in [0.15, 0.2) is 18.7 Å². The molecule has 0 bridgehead atoms. The molecule has 0 aliphatic rings. The average Bonchev–Trinajstić information content (AvgIpc) is 1.85. The quantitative estimate of drug-likeness (QED) is 0.681. The van der Waals surface area contributed by atoms with E-state index in [1.54, 1.807) is 26.2 Å². The van der Waals surface area contributed by atoms with Crippen LogP contribution in [-0.2, 0) is 6.42 Å². The van der Waals surface area contributed by atoms with E-state index in [1.165, 1.54) is 6.33 Å². The zero-order valence-electron chi connectivity index (χ0n) is 6.78. The lowest BCUT2D eigenvalue weighted by Crippen LogP contribution is -2.21. The Kier molecular flexibility index (Phi) is 2.19. The molecule has 1 aromatic heterocycles. The van der Waals surface area contributed by atoms with Gasteiger partial charge in [-0.05, 0) is 19.4 Å². The fourth-order valence-electron chi connectivity index (χ4n) is 0.921. The lowest BCUT2D eigenvalue weighted by Gasteiger charge is -2.15. The SMILES string of the molecule is CC(C)(O)Cc1cncnc1. The average molecular weight is 152 g/mol. The molecule has 0 atom stereocenters. The summed E-state index contributed by atoms with van der Waals surface area (Å²) in [5.41, 5.74) is 0.282. The van der Waals surface area contributed by atoms with Crippen molar-refractivity contribution in [2.24, 2.45) is 0 Å². The van der Waals surface area contributed by atoms with Crippen molar-refractivity contribution in [1.29, 1.82) is 0 Å². The molecule has 0 aliphatic carbocycles. The van der Waals surface area contributed by atoms with Crippen LogP contribution in [0.2, 0.25) is 0 Å². The Bertz CT molecular complexity index is 215. The molecule has 0 aromatic carbocycles. The van der Waals surface area contributed by atoms with Crippen LogP contribution in [0.3, 0.4) is 0 Å². The molecule has 0 fully saturated rings. The third-order valence-electron chi connectivity index (χ3n) is 1.25. The molecule has 0 spiro atoms. The summed E-state index contributed by atoms with van der Waals surface area (Å²) in [7, 11) is 0. The molecule has 1 heterocycles. The van der Waals surface area contributed by atoms with Crippen LogP contribution in [0.1, 0.15) is 19.4 Å². The van der Waals surface area contributed by atoms with Crippen LogP contribution >= 0.6 is 0 Å². The number of rotatable bonds is 2. The molecule has 1 rings (SSSR count). The molecule has 0 saturated carbocycles. The summed E-state index contributed by atoms with van der Waals surface area (Å²) in [6, 6.07) is 0. The number of nitrogens with zero attached hydrogens (tertiary/aromatic N) is 2. The summed E-state index contributed by atoms with van der Waals surface area (Å²) in [6.07, 6.45) is 5.50. The Morgan fingerprint density at radius 1 is 1.36 bits per heavy atom. The van der Waals surface area contributed by atoms with E-state index >= 15 is 0 Å². The number of aromatic nitrogens is 2. The van der Waals surface area contributed by atoms with E-state index < -0.39 is 5.60 Å². The number of hydrogen-bond donors (Lipinski definition) is 1. The molecule has 0 aliphatic heterocycles. The molecule has 0 saturated heterocycles. The Morgan fingerprint density at radius 3 is 2.36 bits per heavy atom. The van der Waals surface area contributed by atoms with E-state index in [-0.39, 0.29) is 0 Å². The number of hydrogen-bond acceptors (Lipinski definition) is 3. The highest BCUT2D eigenvalue weighted by atomic mass is 16.3.